The van der Waals surface area contributed by atoms with Crippen molar-refractivity contribution in [3.63, 3.8) is 0 Å². The van der Waals surface area contributed by atoms with Crippen molar-refractivity contribution in [2.75, 3.05) is 13.2 Å². The van der Waals surface area contributed by atoms with E-state index in [-0.39, 0.29) is 30.4 Å². The van der Waals surface area contributed by atoms with Crippen molar-refractivity contribution in [3.05, 3.63) is 59.7 Å². The predicted octanol–water partition coefficient (Wildman–Crippen LogP) is 1.81. The molecule has 0 bridgehead atoms. The Bertz CT molecular complexity index is 871. The number of benzene rings is 2. The maximum Gasteiger partial charge on any atom is 0.238 e. The second-order valence-electron chi connectivity index (χ2n) is 6.97. The van der Waals surface area contributed by atoms with E-state index in [1.165, 1.54) is 0 Å². The van der Waals surface area contributed by atoms with Gasteiger partial charge in [-0.2, -0.15) is 0 Å². The van der Waals surface area contributed by atoms with Gasteiger partial charge in [0, 0.05) is 0 Å². The van der Waals surface area contributed by atoms with E-state index in [1.54, 1.807) is 0 Å². The minimum atomic E-state index is -0.599. The molecular formula is C21H23N3O4. The summed E-state index contributed by atoms with van der Waals surface area (Å²) < 4.78 is 11.1. The number of carbonyl (C=O) groups excluding carboxylic acids is 2. The first-order chi connectivity index (χ1) is 13.6. The van der Waals surface area contributed by atoms with Crippen LogP contribution in [0.3, 0.4) is 0 Å². The summed E-state index contributed by atoms with van der Waals surface area (Å²) in [6.07, 6.45) is -0.286. The first-order valence-corrected chi connectivity index (χ1v) is 9.40. The van der Waals surface area contributed by atoms with Crippen LogP contribution in [-0.2, 0) is 9.59 Å². The maximum absolute atomic E-state index is 12.8. The standard InChI is InChI=1S/C21H23N3O4/c1-13(15-7-8-17-18(11-15)28-10-9-27-17)22-21(26)16-12-19(25)24-20(23-16)14-5-3-2-4-6-14/h2-8,11,13,16,20,23H,9-10,12H2,1H3,(H,22,26)(H,24,25). The second-order valence-corrected chi connectivity index (χ2v) is 6.97. The van der Waals surface area contributed by atoms with Crippen LogP contribution in [0.2, 0.25) is 0 Å². The lowest BCUT2D eigenvalue weighted by molar-refractivity contribution is -0.132. The van der Waals surface area contributed by atoms with Gasteiger partial charge >= 0.3 is 0 Å². The Morgan fingerprint density at radius 2 is 1.86 bits per heavy atom. The number of hydrogen-bond acceptors (Lipinski definition) is 5. The Morgan fingerprint density at radius 3 is 2.64 bits per heavy atom. The van der Waals surface area contributed by atoms with Crippen LogP contribution in [0, 0.1) is 0 Å². The van der Waals surface area contributed by atoms with E-state index in [0.717, 1.165) is 11.1 Å². The molecule has 2 aromatic rings. The molecule has 28 heavy (non-hydrogen) atoms. The van der Waals surface area contributed by atoms with Crippen LogP contribution in [0.5, 0.6) is 11.5 Å². The van der Waals surface area contributed by atoms with Crippen LogP contribution >= 0.6 is 0 Å². The second kappa shape index (κ2) is 7.90. The molecule has 2 aliphatic rings. The molecule has 0 aromatic heterocycles. The Balaban J connectivity index is 1.43. The molecule has 0 aliphatic carbocycles. The van der Waals surface area contributed by atoms with Gasteiger partial charge in [0.05, 0.1) is 18.5 Å². The lowest BCUT2D eigenvalue weighted by atomic mass is 10.0. The van der Waals surface area contributed by atoms with Crippen molar-refractivity contribution in [2.24, 2.45) is 0 Å². The lowest BCUT2D eigenvalue weighted by Crippen LogP contribution is -2.56. The van der Waals surface area contributed by atoms with E-state index < -0.39 is 6.04 Å². The van der Waals surface area contributed by atoms with Crippen molar-refractivity contribution in [3.8, 4) is 11.5 Å². The van der Waals surface area contributed by atoms with Crippen molar-refractivity contribution >= 4 is 11.8 Å². The molecule has 2 aromatic carbocycles. The highest BCUT2D eigenvalue weighted by Gasteiger charge is 2.32. The summed E-state index contributed by atoms with van der Waals surface area (Å²) in [7, 11) is 0. The molecule has 4 rings (SSSR count). The number of rotatable bonds is 4. The van der Waals surface area contributed by atoms with Crippen molar-refractivity contribution in [1.82, 2.24) is 16.0 Å². The van der Waals surface area contributed by atoms with Crippen molar-refractivity contribution < 1.29 is 19.1 Å². The van der Waals surface area contributed by atoms with E-state index >= 15 is 0 Å². The molecule has 3 atom stereocenters. The van der Waals surface area contributed by atoms with Crippen molar-refractivity contribution in [1.29, 1.82) is 0 Å². The molecule has 3 N–H and O–H groups in total. The number of hydrogen-bond donors (Lipinski definition) is 3. The topological polar surface area (TPSA) is 88.7 Å². The van der Waals surface area contributed by atoms with Gasteiger partial charge in [-0.1, -0.05) is 36.4 Å². The highest BCUT2D eigenvalue weighted by atomic mass is 16.6. The van der Waals surface area contributed by atoms with E-state index in [1.807, 2.05) is 55.5 Å². The average Bonchev–Trinajstić information content (AvgIpc) is 2.73. The fraction of sp³-hybridized carbons (Fsp3) is 0.333. The molecular weight excluding hydrogens is 358 g/mol. The Morgan fingerprint density at radius 1 is 1.11 bits per heavy atom. The number of ether oxygens (including phenoxy) is 2. The zero-order valence-electron chi connectivity index (χ0n) is 15.6. The van der Waals surface area contributed by atoms with E-state index in [0.29, 0.717) is 24.7 Å². The zero-order valence-corrected chi connectivity index (χ0v) is 15.6. The summed E-state index contributed by atoms with van der Waals surface area (Å²) in [5.41, 5.74) is 1.82. The summed E-state index contributed by atoms with van der Waals surface area (Å²) >= 11 is 0. The molecule has 0 spiro atoms. The summed E-state index contributed by atoms with van der Waals surface area (Å²) in [4.78, 5) is 24.9. The molecule has 2 heterocycles. The highest BCUT2D eigenvalue weighted by Crippen LogP contribution is 2.32. The van der Waals surface area contributed by atoms with Gasteiger partial charge in [0.1, 0.15) is 19.4 Å². The molecule has 1 saturated heterocycles. The zero-order chi connectivity index (χ0) is 19.5. The van der Waals surface area contributed by atoms with Crippen LogP contribution in [0.25, 0.3) is 0 Å². The van der Waals surface area contributed by atoms with Crippen LogP contribution in [0.1, 0.15) is 36.7 Å². The fourth-order valence-corrected chi connectivity index (χ4v) is 3.43. The van der Waals surface area contributed by atoms with E-state index in [4.69, 9.17) is 9.47 Å². The molecule has 7 nitrogen and oxygen atoms in total. The fourth-order valence-electron chi connectivity index (χ4n) is 3.43. The maximum atomic E-state index is 12.8. The first-order valence-electron chi connectivity index (χ1n) is 9.40. The van der Waals surface area contributed by atoms with Gasteiger partial charge in [-0.15, -0.1) is 0 Å². The number of amides is 2. The monoisotopic (exact) mass is 381 g/mol. The third-order valence-electron chi connectivity index (χ3n) is 4.94. The largest absolute Gasteiger partial charge is 0.486 e. The van der Waals surface area contributed by atoms with Gasteiger partial charge in [0.15, 0.2) is 11.5 Å². The molecule has 2 aliphatic heterocycles. The first kappa shape index (κ1) is 18.3. The Labute approximate surface area is 163 Å². The number of fused-ring (bicyclic) bond motifs is 1. The molecule has 146 valence electrons. The van der Waals surface area contributed by atoms with E-state index in [2.05, 4.69) is 16.0 Å². The Kier molecular flexibility index (Phi) is 5.16. The molecule has 3 unspecified atom stereocenters. The molecule has 0 saturated carbocycles. The molecule has 7 heteroatoms. The smallest absolute Gasteiger partial charge is 0.238 e. The normalized spacial score (nSPS) is 22.1. The van der Waals surface area contributed by atoms with Crippen LogP contribution < -0.4 is 25.4 Å². The SMILES string of the molecule is CC(NC(=O)C1CC(=O)NC(c2ccccc2)N1)c1ccc2c(c1)OCCO2. The molecule has 0 radical (unpaired) electrons. The third-order valence-corrected chi connectivity index (χ3v) is 4.94. The van der Waals surface area contributed by atoms with Crippen molar-refractivity contribution in [2.45, 2.75) is 31.6 Å². The van der Waals surface area contributed by atoms with Crippen LogP contribution in [0.4, 0.5) is 0 Å². The number of carbonyl (C=O) groups is 2. The summed E-state index contributed by atoms with van der Waals surface area (Å²) in [6, 6.07) is 14.3. The summed E-state index contributed by atoms with van der Waals surface area (Å²) in [5, 5.41) is 9.08. The van der Waals surface area contributed by atoms with Crippen LogP contribution in [-0.4, -0.2) is 31.1 Å². The average molecular weight is 381 g/mol. The van der Waals surface area contributed by atoms with E-state index in [9.17, 15) is 9.59 Å². The lowest BCUT2D eigenvalue weighted by Gasteiger charge is -2.32. The van der Waals surface area contributed by atoms with Gasteiger partial charge in [-0.25, -0.2) is 0 Å². The molecule has 2 amide bonds. The van der Waals surface area contributed by atoms with Gasteiger partial charge < -0.3 is 20.1 Å². The van der Waals surface area contributed by atoms with Crippen LogP contribution in [0.15, 0.2) is 48.5 Å². The number of nitrogens with one attached hydrogen (secondary N) is 3. The predicted molar refractivity (Wildman–Crippen MR) is 103 cm³/mol. The minimum absolute atomic E-state index is 0.100. The molecule has 1 fully saturated rings. The van der Waals surface area contributed by atoms with Gasteiger partial charge in [0.2, 0.25) is 11.8 Å². The summed E-state index contributed by atoms with van der Waals surface area (Å²) in [6.45, 7) is 2.96. The summed E-state index contributed by atoms with van der Waals surface area (Å²) in [5.74, 6) is 1.03. The van der Waals surface area contributed by atoms with Gasteiger partial charge in [0.25, 0.3) is 0 Å². The highest BCUT2D eigenvalue weighted by molar-refractivity contribution is 5.89. The Hall–Kier alpha value is -3.06. The third kappa shape index (κ3) is 3.94. The van der Waals surface area contributed by atoms with Gasteiger partial charge in [-0.3, -0.25) is 14.9 Å². The van der Waals surface area contributed by atoms with Gasteiger partial charge in [-0.05, 0) is 30.2 Å². The minimum Gasteiger partial charge on any atom is -0.486 e. The quantitative estimate of drug-likeness (QED) is 0.752.